The highest BCUT2D eigenvalue weighted by atomic mass is 16.2. The minimum Gasteiger partial charge on any atom is -0.347 e. The molecule has 6 heteroatoms. The van der Waals surface area contributed by atoms with E-state index in [-0.39, 0.29) is 11.8 Å². The van der Waals surface area contributed by atoms with Gasteiger partial charge in [0.1, 0.15) is 11.7 Å². The normalized spacial score (nSPS) is 19.8. The number of likely N-dealkylation sites (N-methyl/N-ethyl adjacent to an activating group) is 2. The van der Waals surface area contributed by atoms with Gasteiger partial charge in [-0.2, -0.15) is 0 Å². The molecule has 0 radical (unpaired) electrons. The van der Waals surface area contributed by atoms with Gasteiger partial charge in [0.05, 0.1) is 0 Å². The van der Waals surface area contributed by atoms with E-state index in [9.17, 15) is 9.59 Å². The Bertz CT molecular complexity index is 489. The van der Waals surface area contributed by atoms with Crippen LogP contribution in [0.25, 0.3) is 0 Å². The van der Waals surface area contributed by atoms with Crippen LogP contribution in [0.3, 0.4) is 0 Å². The lowest BCUT2D eigenvalue weighted by Gasteiger charge is -2.39. The van der Waals surface area contributed by atoms with E-state index in [1.165, 1.54) is 4.90 Å². The molecule has 2 amide bonds. The molecule has 0 spiro atoms. The molecule has 1 atom stereocenters. The molecule has 6 nitrogen and oxygen atoms in total. The zero-order valence-electron chi connectivity index (χ0n) is 12.1. The fourth-order valence-corrected chi connectivity index (χ4v) is 2.31. The predicted octanol–water partition coefficient (Wildman–Crippen LogP) is -0.0740. The topological polar surface area (TPSA) is 56.8 Å². The lowest BCUT2D eigenvalue weighted by Crippen LogP contribution is -2.59. The lowest BCUT2D eigenvalue weighted by atomic mass is 10.1. The highest BCUT2D eigenvalue weighted by Crippen LogP contribution is 2.14. The molecule has 2 heterocycles. The zero-order valence-corrected chi connectivity index (χ0v) is 12.1. The van der Waals surface area contributed by atoms with Crippen molar-refractivity contribution in [3.63, 3.8) is 0 Å². The molecule has 1 fully saturated rings. The highest BCUT2D eigenvalue weighted by molar-refractivity contribution is 5.96. The molecule has 0 aliphatic carbocycles. The van der Waals surface area contributed by atoms with Gasteiger partial charge in [0.2, 0.25) is 5.91 Å². The summed E-state index contributed by atoms with van der Waals surface area (Å²) < 4.78 is 0. The van der Waals surface area contributed by atoms with Crippen LogP contribution in [0.1, 0.15) is 10.5 Å². The first-order chi connectivity index (χ1) is 9.50. The number of amides is 2. The van der Waals surface area contributed by atoms with Crippen LogP contribution >= 0.6 is 0 Å². The first kappa shape index (κ1) is 14.5. The molecule has 108 valence electrons. The van der Waals surface area contributed by atoms with Crippen LogP contribution in [-0.4, -0.2) is 78.3 Å². The van der Waals surface area contributed by atoms with Crippen molar-refractivity contribution in [2.75, 3.05) is 40.8 Å². The van der Waals surface area contributed by atoms with Gasteiger partial charge < -0.3 is 14.7 Å². The van der Waals surface area contributed by atoms with Gasteiger partial charge in [-0.1, -0.05) is 6.07 Å². The summed E-state index contributed by atoms with van der Waals surface area (Å²) in [4.78, 5) is 34.1. The summed E-state index contributed by atoms with van der Waals surface area (Å²) in [5, 5.41) is 0. The molecule has 1 aromatic rings. The maximum atomic E-state index is 12.5. The van der Waals surface area contributed by atoms with E-state index in [0.29, 0.717) is 18.8 Å². The van der Waals surface area contributed by atoms with Gasteiger partial charge in [0.25, 0.3) is 5.91 Å². The van der Waals surface area contributed by atoms with E-state index >= 15 is 0 Å². The molecule has 1 aromatic heterocycles. The van der Waals surface area contributed by atoms with E-state index in [0.717, 1.165) is 6.54 Å². The number of piperazine rings is 1. The second-order valence-corrected chi connectivity index (χ2v) is 5.22. The first-order valence-corrected chi connectivity index (χ1v) is 6.62. The third kappa shape index (κ3) is 2.96. The molecular formula is C14H20N4O2. The van der Waals surface area contributed by atoms with Gasteiger partial charge in [0, 0.05) is 39.9 Å². The Labute approximate surface area is 119 Å². The Morgan fingerprint density at radius 3 is 2.65 bits per heavy atom. The zero-order chi connectivity index (χ0) is 14.7. The third-order valence-electron chi connectivity index (χ3n) is 3.45. The molecule has 2 rings (SSSR count). The van der Waals surface area contributed by atoms with E-state index < -0.39 is 6.04 Å². The maximum Gasteiger partial charge on any atom is 0.273 e. The number of hydrogen-bond donors (Lipinski definition) is 0. The third-order valence-corrected chi connectivity index (χ3v) is 3.45. The monoisotopic (exact) mass is 276 g/mol. The van der Waals surface area contributed by atoms with E-state index in [1.807, 2.05) is 7.05 Å². The minimum atomic E-state index is -0.446. The Balaban J connectivity index is 2.23. The molecule has 0 bridgehead atoms. The van der Waals surface area contributed by atoms with Crippen molar-refractivity contribution in [1.82, 2.24) is 19.7 Å². The Hall–Kier alpha value is -1.95. The van der Waals surface area contributed by atoms with Crippen molar-refractivity contribution >= 4 is 11.8 Å². The summed E-state index contributed by atoms with van der Waals surface area (Å²) in [5.41, 5.74) is 0.383. The van der Waals surface area contributed by atoms with Crippen molar-refractivity contribution < 1.29 is 9.59 Å². The average Bonchev–Trinajstić information content (AvgIpc) is 2.46. The van der Waals surface area contributed by atoms with Gasteiger partial charge in [-0.25, -0.2) is 0 Å². The van der Waals surface area contributed by atoms with Crippen molar-refractivity contribution in [3.8, 4) is 0 Å². The van der Waals surface area contributed by atoms with Crippen molar-refractivity contribution in [1.29, 1.82) is 0 Å². The molecule has 1 aliphatic rings. The van der Waals surface area contributed by atoms with Crippen molar-refractivity contribution in [2.24, 2.45) is 0 Å². The van der Waals surface area contributed by atoms with Crippen molar-refractivity contribution in [2.45, 2.75) is 6.04 Å². The van der Waals surface area contributed by atoms with Gasteiger partial charge in [-0.15, -0.1) is 0 Å². The van der Waals surface area contributed by atoms with Crippen molar-refractivity contribution in [3.05, 3.63) is 30.1 Å². The fourth-order valence-electron chi connectivity index (χ4n) is 2.31. The summed E-state index contributed by atoms with van der Waals surface area (Å²) in [6.45, 7) is 1.85. The number of hydrogen-bond acceptors (Lipinski definition) is 4. The van der Waals surface area contributed by atoms with Gasteiger partial charge >= 0.3 is 0 Å². The lowest BCUT2D eigenvalue weighted by molar-refractivity contribution is -0.135. The summed E-state index contributed by atoms with van der Waals surface area (Å²) in [6, 6.07) is 4.78. The fraction of sp³-hybridized carbons (Fsp3) is 0.500. The van der Waals surface area contributed by atoms with E-state index in [2.05, 4.69) is 9.88 Å². The highest BCUT2D eigenvalue weighted by Gasteiger charge is 2.35. The van der Waals surface area contributed by atoms with Crippen LogP contribution in [0.2, 0.25) is 0 Å². The van der Waals surface area contributed by atoms with Crippen LogP contribution in [0.15, 0.2) is 24.4 Å². The number of aromatic nitrogens is 1. The molecule has 20 heavy (non-hydrogen) atoms. The van der Waals surface area contributed by atoms with Crippen LogP contribution in [-0.2, 0) is 4.79 Å². The van der Waals surface area contributed by atoms with Crippen LogP contribution in [0.5, 0.6) is 0 Å². The number of rotatable bonds is 2. The number of carbonyl (C=O) groups is 2. The average molecular weight is 276 g/mol. The van der Waals surface area contributed by atoms with E-state index in [1.54, 1.807) is 43.4 Å². The second kappa shape index (κ2) is 6.00. The first-order valence-electron chi connectivity index (χ1n) is 6.62. The Morgan fingerprint density at radius 2 is 2.05 bits per heavy atom. The second-order valence-electron chi connectivity index (χ2n) is 5.22. The molecule has 0 saturated carbocycles. The molecule has 1 aliphatic heterocycles. The minimum absolute atomic E-state index is 0.0548. The maximum absolute atomic E-state index is 12.5. The van der Waals surface area contributed by atoms with Crippen LogP contribution in [0, 0.1) is 0 Å². The molecule has 0 unspecified atom stereocenters. The molecular weight excluding hydrogens is 256 g/mol. The molecule has 1 saturated heterocycles. The molecule has 0 aromatic carbocycles. The largest absolute Gasteiger partial charge is 0.347 e. The smallest absolute Gasteiger partial charge is 0.273 e. The number of pyridine rings is 1. The summed E-state index contributed by atoms with van der Waals surface area (Å²) in [7, 11) is 5.37. The van der Waals surface area contributed by atoms with E-state index in [4.69, 9.17) is 0 Å². The Morgan fingerprint density at radius 1 is 1.30 bits per heavy atom. The van der Waals surface area contributed by atoms with Gasteiger partial charge in [-0.3, -0.25) is 14.6 Å². The van der Waals surface area contributed by atoms with Gasteiger partial charge in [-0.05, 0) is 19.2 Å². The SMILES string of the molecule is CN1CCN(C(=O)c2ccccn2)[C@@H](C(=O)N(C)C)C1. The summed E-state index contributed by atoms with van der Waals surface area (Å²) in [5.74, 6) is -0.236. The molecule has 0 N–H and O–H groups in total. The van der Waals surface area contributed by atoms with Gasteiger partial charge in [0.15, 0.2) is 0 Å². The quantitative estimate of drug-likeness (QED) is 0.758. The summed E-state index contributed by atoms with van der Waals surface area (Å²) >= 11 is 0. The predicted molar refractivity (Wildman–Crippen MR) is 75.3 cm³/mol. The Kier molecular flexibility index (Phi) is 4.34. The van der Waals surface area contributed by atoms with Crippen LogP contribution < -0.4 is 0 Å². The number of nitrogens with zero attached hydrogens (tertiary/aromatic N) is 4. The van der Waals surface area contributed by atoms with Crippen LogP contribution in [0.4, 0.5) is 0 Å². The standard InChI is InChI=1S/C14H20N4O2/c1-16(2)14(20)12-10-17(3)8-9-18(12)13(19)11-6-4-5-7-15-11/h4-7,12H,8-10H2,1-3H3/t12-/m1/s1. The summed E-state index contributed by atoms with van der Waals surface area (Å²) in [6.07, 6.45) is 1.59. The number of carbonyl (C=O) groups excluding carboxylic acids is 2.